The van der Waals surface area contributed by atoms with Crippen LogP contribution in [0.4, 0.5) is 10.3 Å². The summed E-state index contributed by atoms with van der Waals surface area (Å²) in [6, 6.07) is 6.29. The van der Waals surface area contributed by atoms with Crippen molar-refractivity contribution in [2.75, 3.05) is 5.32 Å². The first-order chi connectivity index (χ1) is 11.7. The summed E-state index contributed by atoms with van der Waals surface area (Å²) >= 11 is 0. The molecule has 1 atom stereocenters. The number of halogens is 1. The second-order valence-electron chi connectivity index (χ2n) is 5.69. The SMILES string of the molecule is CCn1ncc(C2C=C(c3ccc(F)cc3)Nc3ncnn32)c1C. The molecule has 0 bridgehead atoms. The van der Waals surface area contributed by atoms with Gasteiger partial charge in [-0.25, -0.2) is 9.07 Å². The Balaban J connectivity index is 1.82. The molecule has 122 valence electrons. The highest BCUT2D eigenvalue weighted by atomic mass is 19.1. The molecule has 0 amide bonds. The number of allylic oxidation sites excluding steroid dienone is 1. The van der Waals surface area contributed by atoms with Crippen LogP contribution in [0.1, 0.15) is 29.8 Å². The minimum atomic E-state index is -0.255. The fourth-order valence-corrected chi connectivity index (χ4v) is 3.02. The number of fused-ring (bicyclic) bond motifs is 1. The maximum absolute atomic E-state index is 13.2. The molecule has 0 spiro atoms. The summed E-state index contributed by atoms with van der Waals surface area (Å²) in [7, 11) is 0. The molecule has 3 aromatic rings. The maximum Gasteiger partial charge on any atom is 0.226 e. The van der Waals surface area contributed by atoms with Gasteiger partial charge < -0.3 is 5.32 Å². The Morgan fingerprint density at radius 3 is 2.71 bits per heavy atom. The lowest BCUT2D eigenvalue weighted by molar-refractivity contribution is 0.600. The molecule has 0 aliphatic carbocycles. The molecule has 0 saturated carbocycles. The van der Waals surface area contributed by atoms with E-state index in [-0.39, 0.29) is 11.9 Å². The minimum Gasteiger partial charge on any atom is -0.324 e. The van der Waals surface area contributed by atoms with E-state index in [2.05, 4.69) is 40.4 Å². The smallest absolute Gasteiger partial charge is 0.226 e. The Morgan fingerprint density at radius 1 is 1.21 bits per heavy atom. The van der Waals surface area contributed by atoms with Crippen molar-refractivity contribution in [2.24, 2.45) is 0 Å². The van der Waals surface area contributed by atoms with Gasteiger partial charge in [-0.15, -0.1) is 0 Å². The van der Waals surface area contributed by atoms with Crippen LogP contribution in [0.5, 0.6) is 0 Å². The van der Waals surface area contributed by atoms with Gasteiger partial charge in [-0.1, -0.05) is 0 Å². The molecular formula is C17H17FN6. The molecule has 0 fully saturated rings. The Bertz CT molecular complexity index is 906. The van der Waals surface area contributed by atoms with Crippen LogP contribution < -0.4 is 5.32 Å². The average Bonchev–Trinajstić information content (AvgIpc) is 3.21. The van der Waals surface area contributed by atoms with E-state index in [4.69, 9.17) is 0 Å². The fraction of sp³-hybridized carbons (Fsp3) is 0.235. The lowest BCUT2D eigenvalue weighted by Gasteiger charge is -2.24. The first-order valence-corrected chi connectivity index (χ1v) is 7.84. The van der Waals surface area contributed by atoms with E-state index in [0.717, 1.165) is 29.1 Å². The number of hydrogen-bond acceptors (Lipinski definition) is 4. The van der Waals surface area contributed by atoms with Crippen molar-refractivity contribution in [1.29, 1.82) is 0 Å². The van der Waals surface area contributed by atoms with Gasteiger partial charge in [0, 0.05) is 23.5 Å². The highest BCUT2D eigenvalue weighted by Gasteiger charge is 2.26. The van der Waals surface area contributed by atoms with Gasteiger partial charge in [0.1, 0.15) is 18.2 Å². The van der Waals surface area contributed by atoms with Gasteiger partial charge in [0.2, 0.25) is 5.95 Å². The zero-order valence-corrected chi connectivity index (χ0v) is 13.4. The van der Waals surface area contributed by atoms with E-state index in [1.54, 1.807) is 12.1 Å². The largest absolute Gasteiger partial charge is 0.324 e. The summed E-state index contributed by atoms with van der Waals surface area (Å²) in [6.45, 7) is 4.93. The van der Waals surface area contributed by atoms with E-state index >= 15 is 0 Å². The summed E-state index contributed by atoms with van der Waals surface area (Å²) in [4.78, 5) is 4.28. The molecule has 2 aromatic heterocycles. The Kier molecular flexibility index (Phi) is 3.41. The van der Waals surface area contributed by atoms with Gasteiger partial charge in [0.05, 0.1) is 6.20 Å². The van der Waals surface area contributed by atoms with Gasteiger partial charge in [-0.3, -0.25) is 4.68 Å². The number of benzene rings is 1. The highest BCUT2D eigenvalue weighted by Crippen LogP contribution is 2.33. The van der Waals surface area contributed by atoms with Crippen LogP contribution in [0.25, 0.3) is 5.70 Å². The van der Waals surface area contributed by atoms with E-state index in [1.807, 2.05) is 15.6 Å². The van der Waals surface area contributed by atoms with Crippen molar-refractivity contribution in [3.05, 3.63) is 65.5 Å². The number of aryl methyl sites for hydroxylation is 1. The summed E-state index contributed by atoms with van der Waals surface area (Å²) in [6.07, 6.45) is 5.47. The van der Waals surface area contributed by atoms with Crippen molar-refractivity contribution in [3.63, 3.8) is 0 Å². The lowest BCUT2D eigenvalue weighted by Crippen LogP contribution is -2.20. The molecule has 1 aromatic carbocycles. The summed E-state index contributed by atoms with van der Waals surface area (Å²) in [5.74, 6) is 0.403. The monoisotopic (exact) mass is 324 g/mol. The van der Waals surface area contributed by atoms with Gasteiger partial charge >= 0.3 is 0 Å². The molecule has 6 nitrogen and oxygen atoms in total. The topological polar surface area (TPSA) is 60.6 Å². The molecule has 1 N–H and O–H groups in total. The van der Waals surface area contributed by atoms with Crippen molar-refractivity contribution in [2.45, 2.75) is 26.4 Å². The summed E-state index contributed by atoms with van der Waals surface area (Å²) in [5, 5.41) is 12.0. The molecule has 1 aliphatic rings. The molecule has 7 heteroatoms. The zero-order chi connectivity index (χ0) is 16.7. The zero-order valence-electron chi connectivity index (χ0n) is 13.4. The predicted molar refractivity (Wildman–Crippen MR) is 88.8 cm³/mol. The van der Waals surface area contributed by atoms with Gasteiger partial charge in [0.25, 0.3) is 0 Å². The Labute approximate surface area is 138 Å². The standard InChI is InChI=1S/C17H17FN6/c1-3-23-11(2)14(9-20-23)16-8-15(12-4-6-13(18)7-5-12)22-17-19-10-21-24(16)17/h4-10,16H,3H2,1-2H3,(H,19,21,22). The van der Waals surface area contributed by atoms with E-state index < -0.39 is 0 Å². The van der Waals surface area contributed by atoms with Crippen LogP contribution >= 0.6 is 0 Å². The van der Waals surface area contributed by atoms with E-state index in [0.29, 0.717) is 5.95 Å². The molecule has 24 heavy (non-hydrogen) atoms. The molecule has 1 unspecified atom stereocenters. The number of anilines is 1. The third-order valence-electron chi connectivity index (χ3n) is 4.32. The Hall–Kier alpha value is -2.96. The molecule has 3 heterocycles. The molecular weight excluding hydrogens is 307 g/mol. The summed E-state index contributed by atoms with van der Waals surface area (Å²) < 4.78 is 17.0. The first-order valence-electron chi connectivity index (χ1n) is 7.84. The fourth-order valence-electron chi connectivity index (χ4n) is 3.02. The normalized spacial score (nSPS) is 16.5. The van der Waals surface area contributed by atoms with Crippen LogP contribution in [-0.4, -0.2) is 24.5 Å². The second-order valence-corrected chi connectivity index (χ2v) is 5.69. The number of aromatic nitrogens is 5. The van der Waals surface area contributed by atoms with Crippen molar-refractivity contribution >= 4 is 11.6 Å². The second kappa shape index (κ2) is 5.59. The van der Waals surface area contributed by atoms with Crippen molar-refractivity contribution < 1.29 is 4.39 Å². The summed E-state index contributed by atoms with van der Waals surface area (Å²) in [5.41, 5.74) is 3.95. The third kappa shape index (κ3) is 2.29. The van der Waals surface area contributed by atoms with Crippen LogP contribution in [0.3, 0.4) is 0 Å². The van der Waals surface area contributed by atoms with Crippen LogP contribution in [0.2, 0.25) is 0 Å². The molecule has 1 aliphatic heterocycles. The number of rotatable bonds is 3. The van der Waals surface area contributed by atoms with Gasteiger partial charge in [0.15, 0.2) is 0 Å². The third-order valence-corrected chi connectivity index (χ3v) is 4.32. The van der Waals surface area contributed by atoms with Crippen LogP contribution in [0, 0.1) is 12.7 Å². The lowest BCUT2D eigenvalue weighted by atomic mass is 10.0. The quantitative estimate of drug-likeness (QED) is 0.804. The first kappa shape index (κ1) is 14.6. The average molecular weight is 324 g/mol. The molecule has 0 radical (unpaired) electrons. The van der Waals surface area contributed by atoms with E-state index in [1.165, 1.54) is 18.5 Å². The highest BCUT2D eigenvalue weighted by molar-refractivity contribution is 5.77. The van der Waals surface area contributed by atoms with Crippen molar-refractivity contribution in [1.82, 2.24) is 24.5 Å². The number of nitrogens with one attached hydrogen (secondary N) is 1. The van der Waals surface area contributed by atoms with Gasteiger partial charge in [-0.05, 0) is 49.8 Å². The predicted octanol–water partition coefficient (Wildman–Crippen LogP) is 3.00. The molecule has 4 rings (SSSR count). The van der Waals surface area contributed by atoms with E-state index in [9.17, 15) is 4.39 Å². The molecule has 0 saturated heterocycles. The Morgan fingerprint density at radius 2 is 2.00 bits per heavy atom. The number of nitrogens with zero attached hydrogens (tertiary/aromatic N) is 5. The van der Waals surface area contributed by atoms with Gasteiger partial charge in [-0.2, -0.15) is 15.2 Å². The maximum atomic E-state index is 13.2. The van der Waals surface area contributed by atoms with Crippen LogP contribution in [0.15, 0.2) is 42.9 Å². The van der Waals surface area contributed by atoms with Crippen LogP contribution in [-0.2, 0) is 6.54 Å². The number of hydrogen-bond donors (Lipinski definition) is 1. The van der Waals surface area contributed by atoms with Crippen molar-refractivity contribution in [3.8, 4) is 0 Å². The minimum absolute atomic E-state index is 0.107.